The van der Waals surface area contributed by atoms with Crippen LogP contribution in [-0.4, -0.2) is 29.9 Å². The van der Waals surface area contributed by atoms with Gasteiger partial charge in [-0.2, -0.15) is 0 Å². The standard InChI is InChI=1S/C40H26N6/c1-5-14-27(15-6-1)35-41-36(28-16-7-2-8-17-28)44-39(43-35)32-24-25-33-31(26-32)22-13-23-34(33)40-45-37(29-18-9-3-10-19-29)42-38(46-40)30-20-11-4-12-21-30/h1-26H. The van der Waals surface area contributed by atoms with Gasteiger partial charge in [0.05, 0.1) is 0 Å². The zero-order chi connectivity index (χ0) is 30.7. The van der Waals surface area contributed by atoms with Gasteiger partial charge in [0.1, 0.15) is 0 Å². The number of hydrogen-bond donors (Lipinski definition) is 0. The van der Waals surface area contributed by atoms with Crippen molar-refractivity contribution in [1.82, 2.24) is 29.9 Å². The Labute approximate surface area is 266 Å². The summed E-state index contributed by atoms with van der Waals surface area (Å²) in [6.07, 6.45) is 0. The first-order chi connectivity index (χ1) is 22.8. The molecule has 0 aliphatic carbocycles. The van der Waals surface area contributed by atoms with Crippen LogP contribution < -0.4 is 0 Å². The van der Waals surface area contributed by atoms with E-state index in [2.05, 4.69) is 30.3 Å². The first-order valence-corrected chi connectivity index (χ1v) is 15.1. The molecular formula is C40H26N6. The summed E-state index contributed by atoms with van der Waals surface area (Å²) in [5, 5.41) is 2.05. The summed E-state index contributed by atoms with van der Waals surface area (Å²) < 4.78 is 0. The average molecular weight is 591 g/mol. The lowest BCUT2D eigenvalue weighted by molar-refractivity contribution is 1.07. The molecular weight excluding hydrogens is 564 g/mol. The lowest BCUT2D eigenvalue weighted by Crippen LogP contribution is -2.01. The molecule has 0 saturated heterocycles. The minimum Gasteiger partial charge on any atom is -0.208 e. The first kappa shape index (κ1) is 27.2. The van der Waals surface area contributed by atoms with Crippen molar-refractivity contribution < 1.29 is 0 Å². The van der Waals surface area contributed by atoms with E-state index >= 15 is 0 Å². The van der Waals surface area contributed by atoms with Crippen molar-refractivity contribution in [3.05, 3.63) is 158 Å². The minimum atomic E-state index is 0.609. The van der Waals surface area contributed by atoms with Crippen molar-refractivity contribution in [2.24, 2.45) is 0 Å². The molecule has 6 heteroatoms. The number of fused-ring (bicyclic) bond motifs is 1. The van der Waals surface area contributed by atoms with Gasteiger partial charge in [-0.3, -0.25) is 0 Å². The molecule has 0 unspecified atom stereocenters. The largest absolute Gasteiger partial charge is 0.208 e. The number of hydrogen-bond acceptors (Lipinski definition) is 6. The molecule has 216 valence electrons. The highest BCUT2D eigenvalue weighted by Crippen LogP contribution is 2.32. The molecule has 0 atom stereocenters. The van der Waals surface area contributed by atoms with Crippen LogP contribution in [0.25, 0.3) is 79.1 Å². The zero-order valence-electron chi connectivity index (χ0n) is 24.7. The van der Waals surface area contributed by atoms with E-state index in [1.165, 1.54) is 0 Å². The lowest BCUT2D eigenvalue weighted by atomic mass is 10.0. The van der Waals surface area contributed by atoms with Gasteiger partial charge in [0.25, 0.3) is 0 Å². The van der Waals surface area contributed by atoms with Gasteiger partial charge in [-0.25, -0.2) is 29.9 Å². The topological polar surface area (TPSA) is 77.3 Å². The molecule has 0 radical (unpaired) electrons. The van der Waals surface area contributed by atoms with Gasteiger partial charge in [-0.1, -0.05) is 152 Å². The third-order valence-corrected chi connectivity index (χ3v) is 7.78. The van der Waals surface area contributed by atoms with Crippen LogP contribution >= 0.6 is 0 Å². The van der Waals surface area contributed by atoms with Crippen LogP contribution in [0.4, 0.5) is 0 Å². The summed E-state index contributed by atoms with van der Waals surface area (Å²) in [4.78, 5) is 29.5. The third kappa shape index (κ3) is 5.40. The molecule has 0 aliphatic rings. The Bertz CT molecular complexity index is 2180. The van der Waals surface area contributed by atoms with E-state index in [4.69, 9.17) is 29.9 Å². The Balaban J connectivity index is 1.27. The Morgan fingerprint density at radius 3 is 1.04 bits per heavy atom. The van der Waals surface area contributed by atoms with Gasteiger partial charge in [-0.15, -0.1) is 0 Å². The van der Waals surface area contributed by atoms with Gasteiger partial charge in [0, 0.05) is 33.4 Å². The molecule has 2 aromatic heterocycles. The van der Waals surface area contributed by atoms with Gasteiger partial charge in [-0.05, 0) is 16.8 Å². The highest BCUT2D eigenvalue weighted by molar-refractivity contribution is 5.97. The summed E-state index contributed by atoms with van der Waals surface area (Å²) in [5.74, 6) is 3.74. The van der Waals surface area contributed by atoms with Crippen LogP contribution in [0.15, 0.2) is 158 Å². The summed E-state index contributed by atoms with van der Waals surface area (Å²) in [7, 11) is 0. The van der Waals surface area contributed by atoms with Crippen LogP contribution in [0.5, 0.6) is 0 Å². The molecule has 0 aliphatic heterocycles. The smallest absolute Gasteiger partial charge is 0.164 e. The van der Waals surface area contributed by atoms with Crippen LogP contribution in [0.1, 0.15) is 0 Å². The normalized spacial score (nSPS) is 11.0. The zero-order valence-corrected chi connectivity index (χ0v) is 24.7. The van der Waals surface area contributed by atoms with E-state index in [1.54, 1.807) is 0 Å². The maximum atomic E-state index is 4.97. The average Bonchev–Trinajstić information content (AvgIpc) is 3.15. The number of benzene rings is 6. The second-order valence-corrected chi connectivity index (χ2v) is 10.8. The third-order valence-electron chi connectivity index (χ3n) is 7.78. The quantitative estimate of drug-likeness (QED) is 0.192. The van der Waals surface area contributed by atoms with Crippen LogP contribution in [0.2, 0.25) is 0 Å². The van der Waals surface area contributed by atoms with Gasteiger partial charge >= 0.3 is 0 Å². The molecule has 8 aromatic rings. The van der Waals surface area contributed by atoms with Crippen LogP contribution in [0, 0.1) is 0 Å². The van der Waals surface area contributed by atoms with Crippen molar-refractivity contribution in [2.75, 3.05) is 0 Å². The molecule has 0 saturated carbocycles. The Morgan fingerprint density at radius 2 is 0.630 bits per heavy atom. The van der Waals surface area contributed by atoms with Crippen molar-refractivity contribution in [2.45, 2.75) is 0 Å². The minimum absolute atomic E-state index is 0.609. The fourth-order valence-electron chi connectivity index (χ4n) is 5.48. The second kappa shape index (κ2) is 11.9. The van der Waals surface area contributed by atoms with E-state index in [-0.39, 0.29) is 0 Å². The number of aromatic nitrogens is 6. The molecule has 0 fully saturated rings. The summed E-state index contributed by atoms with van der Waals surface area (Å²) >= 11 is 0. The van der Waals surface area contributed by atoms with Crippen molar-refractivity contribution in [1.29, 1.82) is 0 Å². The molecule has 0 N–H and O–H groups in total. The fraction of sp³-hybridized carbons (Fsp3) is 0. The molecule has 6 aromatic carbocycles. The molecule has 6 nitrogen and oxygen atoms in total. The van der Waals surface area contributed by atoms with Crippen LogP contribution in [-0.2, 0) is 0 Å². The fourth-order valence-corrected chi connectivity index (χ4v) is 5.48. The molecule has 8 rings (SSSR count). The second-order valence-electron chi connectivity index (χ2n) is 10.8. The van der Waals surface area contributed by atoms with Gasteiger partial charge in [0.2, 0.25) is 0 Å². The Hall–Kier alpha value is -6.40. The summed E-state index contributed by atoms with van der Waals surface area (Å²) in [6, 6.07) is 52.5. The molecule has 0 bridgehead atoms. The predicted octanol–water partition coefficient (Wildman–Crippen LogP) is 9.21. The van der Waals surface area contributed by atoms with Crippen LogP contribution in [0.3, 0.4) is 0 Å². The molecule has 0 spiro atoms. The molecule has 2 heterocycles. The molecule has 0 amide bonds. The first-order valence-electron chi connectivity index (χ1n) is 15.1. The monoisotopic (exact) mass is 590 g/mol. The summed E-state index contributed by atoms with van der Waals surface area (Å²) in [6.45, 7) is 0. The maximum Gasteiger partial charge on any atom is 0.164 e. The van der Waals surface area contributed by atoms with Crippen molar-refractivity contribution >= 4 is 10.8 Å². The highest BCUT2D eigenvalue weighted by atomic mass is 15.0. The predicted molar refractivity (Wildman–Crippen MR) is 183 cm³/mol. The van der Waals surface area contributed by atoms with E-state index in [0.717, 1.165) is 44.2 Å². The SMILES string of the molecule is c1ccc(-c2nc(-c3ccccc3)nc(-c3ccc4c(-c5nc(-c6ccccc6)nc(-c6ccccc6)n5)cccc4c3)n2)cc1. The van der Waals surface area contributed by atoms with E-state index < -0.39 is 0 Å². The Kier molecular flexibility index (Phi) is 7.05. The van der Waals surface area contributed by atoms with Crippen molar-refractivity contribution in [3.8, 4) is 68.3 Å². The van der Waals surface area contributed by atoms with Gasteiger partial charge < -0.3 is 0 Å². The van der Waals surface area contributed by atoms with Crippen molar-refractivity contribution in [3.63, 3.8) is 0 Å². The van der Waals surface area contributed by atoms with Gasteiger partial charge in [0.15, 0.2) is 34.9 Å². The van der Waals surface area contributed by atoms with E-state index in [9.17, 15) is 0 Å². The van der Waals surface area contributed by atoms with E-state index in [0.29, 0.717) is 34.9 Å². The van der Waals surface area contributed by atoms with E-state index in [1.807, 2.05) is 127 Å². The highest BCUT2D eigenvalue weighted by Gasteiger charge is 2.16. The Morgan fingerprint density at radius 1 is 0.261 bits per heavy atom. The maximum absolute atomic E-state index is 4.97. The molecule has 46 heavy (non-hydrogen) atoms. The number of nitrogens with zero attached hydrogens (tertiary/aromatic N) is 6. The number of rotatable bonds is 6. The summed E-state index contributed by atoms with van der Waals surface area (Å²) in [5.41, 5.74) is 5.56. The lowest BCUT2D eigenvalue weighted by Gasteiger charge is -2.12.